The highest BCUT2D eigenvalue weighted by Crippen LogP contribution is 2.27. The fourth-order valence-electron chi connectivity index (χ4n) is 2.69. The molecule has 6 heteroatoms. The van der Waals surface area contributed by atoms with E-state index in [1.54, 1.807) is 14.2 Å². The zero-order chi connectivity index (χ0) is 19.1. The van der Waals surface area contributed by atoms with Crippen LogP contribution in [0.2, 0.25) is 0 Å². The number of methoxy groups -OCH3 is 2. The Labute approximate surface area is 163 Å². The van der Waals surface area contributed by atoms with Crippen LogP contribution in [0.25, 0.3) is 0 Å². The molecule has 0 aliphatic rings. The zero-order valence-corrected chi connectivity index (χ0v) is 17.2. The first-order chi connectivity index (χ1) is 12.4. The number of quaternary nitrogens is 1. The minimum absolute atomic E-state index is 0.0141. The van der Waals surface area contributed by atoms with Gasteiger partial charge < -0.3 is 20.1 Å². The van der Waals surface area contributed by atoms with Crippen molar-refractivity contribution < 1.29 is 19.6 Å². The molecule has 0 heterocycles. The molecule has 0 aliphatic heterocycles. The topological polar surface area (TPSA) is 64.2 Å². The molecule has 1 amide bonds. The zero-order valence-electron chi connectivity index (χ0n) is 15.6. The number of nitrogens with one attached hydrogen (secondary N) is 1. The third kappa shape index (κ3) is 5.47. The summed E-state index contributed by atoms with van der Waals surface area (Å²) in [5.74, 6) is 1.62. The second-order valence-corrected chi connectivity index (χ2v) is 7.08. The summed E-state index contributed by atoms with van der Waals surface area (Å²) in [4.78, 5) is 12.4. The van der Waals surface area contributed by atoms with Crippen LogP contribution in [0, 0.1) is 0 Å². The van der Waals surface area contributed by atoms with E-state index in [2.05, 4.69) is 33.5 Å². The molecule has 0 saturated heterocycles. The van der Waals surface area contributed by atoms with E-state index in [1.807, 2.05) is 49.4 Å². The number of ether oxygens (including phenoxy) is 2. The first kappa shape index (κ1) is 20.3. The molecule has 0 aromatic heterocycles. The molecular formula is C20H26BrN2O3+. The minimum atomic E-state index is -0.191. The van der Waals surface area contributed by atoms with Crippen LogP contribution in [0.4, 0.5) is 0 Å². The highest BCUT2D eigenvalue weighted by atomic mass is 79.9. The van der Waals surface area contributed by atoms with Crippen LogP contribution in [-0.2, 0) is 11.3 Å². The van der Waals surface area contributed by atoms with E-state index < -0.39 is 0 Å². The van der Waals surface area contributed by atoms with Gasteiger partial charge in [0, 0.05) is 12.1 Å². The van der Waals surface area contributed by atoms with Crippen molar-refractivity contribution in [2.75, 3.05) is 14.2 Å². The van der Waals surface area contributed by atoms with Gasteiger partial charge in [0.15, 0.2) is 6.04 Å². The average molecular weight is 422 g/mol. The van der Waals surface area contributed by atoms with Gasteiger partial charge >= 0.3 is 0 Å². The highest BCUT2D eigenvalue weighted by molar-refractivity contribution is 9.10. The summed E-state index contributed by atoms with van der Waals surface area (Å²) < 4.78 is 11.3. The van der Waals surface area contributed by atoms with Gasteiger partial charge in [-0.15, -0.1) is 0 Å². The maximum absolute atomic E-state index is 12.4. The molecule has 0 bridgehead atoms. The van der Waals surface area contributed by atoms with E-state index in [9.17, 15) is 4.79 Å². The number of halogens is 1. The molecular weight excluding hydrogens is 396 g/mol. The quantitative estimate of drug-likeness (QED) is 0.688. The lowest BCUT2D eigenvalue weighted by atomic mass is 10.1. The van der Waals surface area contributed by atoms with Crippen molar-refractivity contribution in [3.05, 3.63) is 58.1 Å². The number of amides is 1. The Morgan fingerprint density at radius 2 is 1.81 bits per heavy atom. The van der Waals surface area contributed by atoms with Crippen molar-refractivity contribution >= 4 is 21.8 Å². The maximum atomic E-state index is 12.4. The van der Waals surface area contributed by atoms with Crippen LogP contribution in [0.3, 0.4) is 0 Å². The van der Waals surface area contributed by atoms with Crippen LogP contribution in [0.1, 0.15) is 31.0 Å². The summed E-state index contributed by atoms with van der Waals surface area (Å²) >= 11 is 3.50. The van der Waals surface area contributed by atoms with E-state index in [4.69, 9.17) is 9.47 Å². The van der Waals surface area contributed by atoms with E-state index in [-0.39, 0.29) is 18.0 Å². The second-order valence-electron chi connectivity index (χ2n) is 6.23. The Kier molecular flexibility index (Phi) is 7.48. The fourth-order valence-corrected chi connectivity index (χ4v) is 3.25. The summed E-state index contributed by atoms with van der Waals surface area (Å²) in [7, 11) is 3.28. The predicted octanol–water partition coefficient (Wildman–Crippen LogP) is 2.80. The van der Waals surface area contributed by atoms with Gasteiger partial charge in [-0.3, -0.25) is 4.79 Å². The number of rotatable bonds is 8. The molecule has 0 spiro atoms. The van der Waals surface area contributed by atoms with Gasteiger partial charge in [-0.1, -0.05) is 12.1 Å². The number of carbonyl (C=O) groups excluding carboxylic acids is 1. The van der Waals surface area contributed by atoms with E-state index in [1.165, 1.54) is 0 Å². The van der Waals surface area contributed by atoms with Gasteiger partial charge in [-0.05, 0) is 65.7 Å². The lowest BCUT2D eigenvalue weighted by molar-refractivity contribution is -0.710. The van der Waals surface area contributed by atoms with Crippen LogP contribution >= 0.6 is 15.9 Å². The third-order valence-corrected chi connectivity index (χ3v) is 4.94. The molecule has 0 radical (unpaired) electrons. The molecule has 2 aromatic rings. The van der Waals surface area contributed by atoms with Gasteiger partial charge in [-0.2, -0.15) is 0 Å². The van der Waals surface area contributed by atoms with Crippen molar-refractivity contribution in [1.82, 2.24) is 5.32 Å². The minimum Gasteiger partial charge on any atom is -0.497 e. The molecule has 2 rings (SSSR count). The van der Waals surface area contributed by atoms with Crippen molar-refractivity contribution in [3.63, 3.8) is 0 Å². The van der Waals surface area contributed by atoms with Crippen molar-refractivity contribution in [2.45, 2.75) is 32.5 Å². The number of nitrogens with two attached hydrogens (primary N) is 1. The van der Waals surface area contributed by atoms with Crippen molar-refractivity contribution in [1.29, 1.82) is 0 Å². The SMILES string of the molecule is COc1ccc(CNC(=O)[C@@H](C)[NH2+][C@H](C)c2ccc(OC)c(Br)c2)cc1. The van der Waals surface area contributed by atoms with E-state index >= 15 is 0 Å². The van der Waals surface area contributed by atoms with Crippen molar-refractivity contribution in [2.24, 2.45) is 0 Å². The van der Waals surface area contributed by atoms with Gasteiger partial charge in [0.2, 0.25) is 0 Å². The van der Waals surface area contributed by atoms with Crippen molar-refractivity contribution in [3.8, 4) is 11.5 Å². The summed E-state index contributed by atoms with van der Waals surface area (Å²) in [6.45, 7) is 4.50. The summed E-state index contributed by atoms with van der Waals surface area (Å²) in [5.41, 5.74) is 2.17. The Morgan fingerprint density at radius 1 is 1.12 bits per heavy atom. The molecule has 3 N–H and O–H groups in total. The maximum Gasteiger partial charge on any atom is 0.278 e. The van der Waals surface area contributed by atoms with Gasteiger partial charge in [0.1, 0.15) is 17.5 Å². The largest absolute Gasteiger partial charge is 0.497 e. The molecule has 26 heavy (non-hydrogen) atoms. The molecule has 5 nitrogen and oxygen atoms in total. The van der Waals surface area contributed by atoms with Gasteiger partial charge in [0.05, 0.1) is 18.7 Å². The highest BCUT2D eigenvalue weighted by Gasteiger charge is 2.20. The molecule has 0 fully saturated rings. The van der Waals surface area contributed by atoms with Crippen LogP contribution < -0.4 is 20.1 Å². The molecule has 2 atom stereocenters. The molecule has 0 unspecified atom stereocenters. The number of carbonyl (C=O) groups is 1. The van der Waals surface area contributed by atoms with E-state index in [0.29, 0.717) is 6.54 Å². The Morgan fingerprint density at radius 3 is 2.38 bits per heavy atom. The van der Waals surface area contributed by atoms with Crippen LogP contribution in [0.5, 0.6) is 11.5 Å². The van der Waals surface area contributed by atoms with E-state index in [0.717, 1.165) is 27.1 Å². The second kappa shape index (κ2) is 9.59. The lowest BCUT2D eigenvalue weighted by Crippen LogP contribution is -2.92. The summed E-state index contributed by atoms with van der Waals surface area (Å²) in [6, 6.07) is 13.6. The molecule has 0 aliphatic carbocycles. The summed E-state index contributed by atoms with van der Waals surface area (Å²) in [5, 5.41) is 5.04. The third-order valence-electron chi connectivity index (χ3n) is 4.32. The summed E-state index contributed by atoms with van der Waals surface area (Å²) in [6.07, 6.45) is 0. The monoisotopic (exact) mass is 421 g/mol. The Bertz CT molecular complexity index is 734. The number of benzene rings is 2. The van der Waals surface area contributed by atoms with Gasteiger partial charge in [-0.25, -0.2) is 0 Å². The molecule has 2 aromatic carbocycles. The Hall–Kier alpha value is -2.05. The average Bonchev–Trinajstić information content (AvgIpc) is 2.66. The first-order valence-corrected chi connectivity index (χ1v) is 9.33. The lowest BCUT2D eigenvalue weighted by Gasteiger charge is -2.17. The number of hydrogen-bond donors (Lipinski definition) is 2. The standard InChI is InChI=1S/C20H25BrN2O3/c1-13(16-7-10-19(26-4)18(21)11-16)23-14(2)20(24)22-12-15-5-8-17(25-3)9-6-15/h5-11,13-14,23H,12H2,1-4H3,(H,22,24)/p+1/t13-,14-/m1/s1. The smallest absolute Gasteiger partial charge is 0.278 e. The number of hydrogen-bond acceptors (Lipinski definition) is 3. The normalized spacial score (nSPS) is 13.0. The predicted molar refractivity (Wildman–Crippen MR) is 105 cm³/mol. The molecule has 140 valence electrons. The first-order valence-electron chi connectivity index (χ1n) is 8.53. The van der Waals surface area contributed by atoms with Gasteiger partial charge in [0.25, 0.3) is 5.91 Å². The molecule has 0 saturated carbocycles. The van der Waals surface area contributed by atoms with Crippen LogP contribution in [0.15, 0.2) is 46.9 Å². The van der Waals surface area contributed by atoms with Crippen LogP contribution in [-0.4, -0.2) is 26.2 Å². The fraction of sp³-hybridized carbons (Fsp3) is 0.350. The Balaban J connectivity index is 1.88.